The summed E-state index contributed by atoms with van der Waals surface area (Å²) < 4.78 is 30.9. The molecular weight excluding hydrogens is 375 g/mol. The summed E-state index contributed by atoms with van der Waals surface area (Å²) in [6.07, 6.45) is 15.9. The second-order valence-electron chi connectivity index (χ2n) is 6.88. The molecule has 0 aliphatic heterocycles. The average Bonchev–Trinajstić information content (AvgIpc) is 2.56. The van der Waals surface area contributed by atoms with E-state index in [0.717, 1.165) is 18.9 Å². The summed E-state index contributed by atoms with van der Waals surface area (Å²) >= 11 is 0. The minimum Gasteiger partial charge on any atom is -0.872 e. The molecule has 0 aliphatic rings. The monoisotopic (exact) mass is 408 g/mol. The summed E-state index contributed by atoms with van der Waals surface area (Å²) in [6.45, 7) is 2.24. The maximum atomic E-state index is 11.8. The van der Waals surface area contributed by atoms with Crippen molar-refractivity contribution >= 4 is 10.1 Å². The molecule has 0 spiro atoms. The molecule has 144 valence electrons. The number of hydrogen-bond donors (Lipinski definition) is 1. The Morgan fingerprint density at radius 1 is 0.846 bits per heavy atom. The Bertz CT molecular complexity index is 587. The summed E-state index contributed by atoms with van der Waals surface area (Å²) in [7, 11) is -4.29. The second-order valence-corrected chi connectivity index (χ2v) is 8.31. The Kier molecular flexibility index (Phi) is 15.8. The van der Waals surface area contributed by atoms with Gasteiger partial charge in [0, 0.05) is 0 Å². The molecule has 0 saturated heterocycles. The summed E-state index contributed by atoms with van der Waals surface area (Å²) in [5, 5.41) is 11.8. The van der Waals surface area contributed by atoms with Crippen LogP contribution in [0, 0.1) is 0 Å². The van der Waals surface area contributed by atoms with Crippen LogP contribution < -0.4 is 56.5 Å². The molecule has 0 saturated carbocycles. The summed E-state index contributed by atoms with van der Waals surface area (Å²) in [5.41, 5.74) is 0.625. The van der Waals surface area contributed by atoms with Crippen molar-refractivity contribution in [3.63, 3.8) is 0 Å². The molecule has 0 atom stereocenters. The van der Waals surface area contributed by atoms with Gasteiger partial charge in [-0.2, -0.15) is 8.42 Å². The van der Waals surface area contributed by atoms with Crippen molar-refractivity contribution in [3.05, 3.63) is 23.8 Å². The molecular formula is C20H33KO4S. The molecule has 1 rings (SSSR count). The van der Waals surface area contributed by atoms with Gasteiger partial charge in [0.25, 0.3) is 10.1 Å². The van der Waals surface area contributed by atoms with Crippen LogP contribution in [-0.2, 0) is 16.5 Å². The van der Waals surface area contributed by atoms with E-state index in [-0.39, 0.29) is 62.0 Å². The molecule has 6 heteroatoms. The molecule has 1 aromatic carbocycles. The maximum Gasteiger partial charge on any atom is 1.00 e. The van der Waals surface area contributed by atoms with E-state index in [4.69, 9.17) is 4.55 Å². The number of aryl methyl sites for hydroxylation is 1. The van der Waals surface area contributed by atoms with Gasteiger partial charge in [0.2, 0.25) is 0 Å². The van der Waals surface area contributed by atoms with Crippen molar-refractivity contribution in [3.8, 4) is 5.75 Å². The predicted molar refractivity (Wildman–Crippen MR) is 100 cm³/mol. The van der Waals surface area contributed by atoms with E-state index in [1.807, 2.05) is 0 Å². The third kappa shape index (κ3) is 12.1. The van der Waals surface area contributed by atoms with Gasteiger partial charge in [-0.25, -0.2) is 0 Å². The van der Waals surface area contributed by atoms with Crippen LogP contribution >= 0.6 is 0 Å². The molecule has 0 unspecified atom stereocenters. The molecule has 0 fully saturated rings. The van der Waals surface area contributed by atoms with Crippen LogP contribution in [-0.4, -0.2) is 13.0 Å². The molecule has 1 aromatic rings. The zero-order chi connectivity index (χ0) is 18.5. The molecule has 0 aliphatic carbocycles. The first-order chi connectivity index (χ1) is 11.9. The summed E-state index contributed by atoms with van der Waals surface area (Å²) in [6, 6.07) is 3.82. The van der Waals surface area contributed by atoms with Crippen LogP contribution in [0.3, 0.4) is 0 Å². The zero-order valence-electron chi connectivity index (χ0n) is 16.5. The minimum absolute atomic E-state index is 0. The first-order valence-corrected chi connectivity index (χ1v) is 11.2. The van der Waals surface area contributed by atoms with Crippen LogP contribution in [0.5, 0.6) is 5.75 Å². The minimum atomic E-state index is -4.29. The van der Waals surface area contributed by atoms with Crippen molar-refractivity contribution < 1.29 is 69.5 Å². The quantitative estimate of drug-likeness (QED) is 0.291. The SMILES string of the molecule is CCCCCCCCCCCCCCc1ccc(S(=O)(=O)O)cc1[O-].[K+]. The molecule has 4 nitrogen and oxygen atoms in total. The number of benzene rings is 1. The fraction of sp³-hybridized carbons (Fsp3) is 0.700. The van der Waals surface area contributed by atoms with Crippen molar-refractivity contribution in [1.29, 1.82) is 0 Å². The van der Waals surface area contributed by atoms with E-state index < -0.39 is 10.1 Å². The molecule has 0 amide bonds. The Morgan fingerprint density at radius 2 is 1.31 bits per heavy atom. The second kappa shape index (κ2) is 15.5. The molecule has 0 radical (unpaired) electrons. The van der Waals surface area contributed by atoms with Crippen LogP contribution in [0.1, 0.15) is 89.5 Å². The third-order valence-corrected chi connectivity index (χ3v) is 5.49. The molecule has 0 heterocycles. The van der Waals surface area contributed by atoms with E-state index in [2.05, 4.69) is 6.92 Å². The summed E-state index contributed by atoms with van der Waals surface area (Å²) in [5.74, 6) is -0.307. The van der Waals surface area contributed by atoms with Gasteiger partial charge < -0.3 is 5.11 Å². The van der Waals surface area contributed by atoms with Gasteiger partial charge in [-0.1, -0.05) is 89.2 Å². The first-order valence-electron chi connectivity index (χ1n) is 9.72. The van der Waals surface area contributed by atoms with Crippen molar-refractivity contribution in [1.82, 2.24) is 0 Å². The van der Waals surface area contributed by atoms with Gasteiger partial charge in [0.15, 0.2) is 0 Å². The first kappa shape index (κ1) is 26.6. The van der Waals surface area contributed by atoms with Gasteiger partial charge in [-0.05, 0) is 25.0 Å². The Balaban J connectivity index is 0.00000625. The Hall–Kier alpha value is 0.566. The Morgan fingerprint density at radius 3 is 1.73 bits per heavy atom. The van der Waals surface area contributed by atoms with Gasteiger partial charge >= 0.3 is 51.4 Å². The van der Waals surface area contributed by atoms with Gasteiger partial charge in [-0.15, -0.1) is 5.75 Å². The van der Waals surface area contributed by atoms with Gasteiger partial charge in [0.1, 0.15) is 0 Å². The van der Waals surface area contributed by atoms with Crippen LogP contribution in [0.25, 0.3) is 0 Å². The van der Waals surface area contributed by atoms with Crippen molar-refractivity contribution in [2.45, 2.75) is 95.3 Å². The number of hydrogen-bond acceptors (Lipinski definition) is 3. The molecule has 0 bridgehead atoms. The van der Waals surface area contributed by atoms with E-state index in [9.17, 15) is 13.5 Å². The van der Waals surface area contributed by atoms with E-state index in [1.165, 1.54) is 76.3 Å². The standard InChI is InChI=1S/C20H34O4S.K/c1-2-3-4-5-6-7-8-9-10-11-12-13-14-18-15-16-19(17-20(18)21)25(22,23)24;/h15-17,21H,2-14H2,1H3,(H,22,23,24);/q;+1/p-1. The number of unbranched alkanes of at least 4 members (excludes halogenated alkanes) is 11. The normalized spacial score (nSPS) is 11.3. The fourth-order valence-electron chi connectivity index (χ4n) is 3.06. The maximum absolute atomic E-state index is 11.8. The largest absolute Gasteiger partial charge is 1.00 e. The summed E-state index contributed by atoms with van der Waals surface area (Å²) in [4.78, 5) is -0.323. The zero-order valence-corrected chi connectivity index (χ0v) is 20.4. The molecule has 26 heavy (non-hydrogen) atoms. The molecule has 0 aromatic heterocycles. The smallest absolute Gasteiger partial charge is 0.872 e. The topological polar surface area (TPSA) is 77.4 Å². The predicted octanol–water partition coefficient (Wildman–Crippen LogP) is 2.25. The van der Waals surface area contributed by atoms with Crippen LogP contribution in [0.15, 0.2) is 23.1 Å². The van der Waals surface area contributed by atoms with E-state index in [0.29, 0.717) is 12.0 Å². The van der Waals surface area contributed by atoms with Crippen LogP contribution in [0.2, 0.25) is 0 Å². The van der Waals surface area contributed by atoms with Crippen molar-refractivity contribution in [2.75, 3.05) is 0 Å². The van der Waals surface area contributed by atoms with Gasteiger partial charge in [-0.3, -0.25) is 4.55 Å². The number of rotatable bonds is 14. The fourth-order valence-corrected chi connectivity index (χ4v) is 3.55. The third-order valence-electron chi connectivity index (χ3n) is 4.64. The average molecular weight is 409 g/mol. The molecule has 1 N–H and O–H groups in total. The van der Waals surface area contributed by atoms with Gasteiger partial charge in [0.05, 0.1) is 4.90 Å². The Labute approximate surface area is 202 Å². The van der Waals surface area contributed by atoms with Crippen molar-refractivity contribution in [2.24, 2.45) is 0 Å². The van der Waals surface area contributed by atoms with E-state index in [1.54, 1.807) is 0 Å². The van der Waals surface area contributed by atoms with E-state index >= 15 is 0 Å². The van der Waals surface area contributed by atoms with Crippen LogP contribution in [0.4, 0.5) is 0 Å².